The van der Waals surface area contributed by atoms with Gasteiger partial charge in [-0.15, -0.1) is 0 Å². The van der Waals surface area contributed by atoms with Crippen molar-refractivity contribution >= 4 is 10.9 Å². The highest BCUT2D eigenvalue weighted by molar-refractivity contribution is 5.83. The Bertz CT molecular complexity index is 718. The number of para-hydroxylation sites is 1. The van der Waals surface area contributed by atoms with Crippen LogP contribution in [0.1, 0.15) is 11.1 Å². The quantitative estimate of drug-likeness (QED) is 0.733. The first-order valence-corrected chi connectivity index (χ1v) is 7.75. The number of benzene rings is 2. The van der Waals surface area contributed by atoms with Gasteiger partial charge in [0.15, 0.2) is 0 Å². The summed E-state index contributed by atoms with van der Waals surface area (Å²) in [5, 5.41) is 1.28. The van der Waals surface area contributed by atoms with Gasteiger partial charge in [-0.2, -0.15) is 0 Å². The average molecular weight is 293 g/mol. The molecular formula is C19H23N3. The number of hydrogen-bond donors (Lipinski definition) is 2. The molecule has 3 N–H and O–H groups in total. The Morgan fingerprint density at radius 2 is 1.77 bits per heavy atom. The molecule has 2 aromatic carbocycles. The molecule has 3 aromatic rings. The van der Waals surface area contributed by atoms with E-state index >= 15 is 0 Å². The molecule has 0 unspecified atom stereocenters. The Kier molecular flexibility index (Phi) is 4.56. The standard InChI is InChI=1S/C19H23N3/c1-22(13-15-7-3-2-4-8-15)14-17(20)11-16-12-21-19-10-6-5-9-18(16)19/h2-10,12,17,21H,11,13-14,20H2,1H3/t17-/m0/s1. The Labute approximate surface area is 131 Å². The van der Waals surface area contributed by atoms with Gasteiger partial charge in [0.05, 0.1) is 0 Å². The van der Waals surface area contributed by atoms with Crippen LogP contribution in [0.25, 0.3) is 10.9 Å². The number of nitrogens with two attached hydrogens (primary N) is 1. The molecule has 3 nitrogen and oxygen atoms in total. The summed E-state index contributed by atoms with van der Waals surface area (Å²) in [6, 6.07) is 19.0. The summed E-state index contributed by atoms with van der Waals surface area (Å²) in [7, 11) is 2.13. The van der Waals surface area contributed by atoms with Gasteiger partial charge >= 0.3 is 0 Å². The third-order valence-corrected chi connectivity index (χ3v) is 4.00. The molecule has 0 bridgehead atoms. The minimum absolute atomic E-state index is 0.132. The molecule has 0 saturated heterocycles. The number of nitrogens with one attached hydrogen (secondary N) is 1. The summed E-state index contributed by atoms with van der Waals surface area (Å²) in [6.07, 6.45) is 2.98. The summed E-state index contributed by atoms with van der Waals surface area (Å²) >= 11 is 0. The SMILES string of the molecule is CN(Cc1ccccc1)C[C@@H](N)Cc1c[nH]c2ccccc12. The fourth-order valence-corrected chi connectivity index (χ4v) is 3.01. The zero-order valence-electron chi connectivity index (χ0n) is 13.0. The van der Waals surface area contributed by atoms with Gasteiger partial charge in [0.2, 0.25) is 0 Å². The summed E-state index contributed by atoms with van der Waals surface area (Å²) in [5.74, 6) is 0. The van der Waals surface area contributed by atoms with Gasteiger partial charge in [-0.3, -0.25) is 0 Å². The lowest BCUT2D eigenvalue weighted by Gasteiger charge is -2.21. The van der Waals surface area contributed by atoms with Crippen LogP contribution in [0.5, 0.6) is 0 Å². The Morgan fingerprint density at radius 3 is 2.59 bits per heavy atom. The van der Waals surface area contributed by atoms with E-state index in [0.717, 1.165) is 19.5 Å². The molecule has 114 valence electrons. The highest BCUT2D eigenvalue weighted by atomic mass is 15.1. The summed E-state index contributed by atoms with van der Waals surface area (Å²) in [4.78, 5) is 5.60. The number of H-pyrrole nitrogens is 1. The van der Waals surface area contributed by atoms with E-state index in [1.807, 2.05) is 6.07 Å². The van der Waals surface area contributed by atoms with Gasteiger partial charge in [-0.1, -0.05) is 48.5 Å². The highest BCUT2D eigenvalue weighted by Crippen LogP contribution is 2.19. The monoisotopic (exact) mass is 293 g/mol. The predicted octanol–water partition coefficient (Wildman–Crippen LogP) is 3.17. The normalized spacial score (nSPS) is 12.9. The molecule has 3 rings (SSSR count). The second-order valence-corrected chi connectivity index (χ2v) is 6.01. The molecule has 0 aliphatic heterocycles. The van der Waals surface area contributed by atoms with Gasteiger partial charge in [0.25, 0.3) is 0 Å². The van der Waals surface area contributed by atoms with E-state index in [1.54, 1.807) is 0 Å². The number of aromatic nitrogens is 1. The largest absolute Gasteiger partial charge is 0.361 e. The molecule has 22 heavy (non-hydrogen) atoms. The third kappa shape index (κ3) is 3.56. The molecule has 0 radical (unpaired) electrons. The molecule has 0 aliphatic rings. The number of likely N-dealkylation sites (N-methyl/N-ethyl adjacent to an activating group) is 1. The van der Waals surface area contributed by atoms with Crippen LogP contribution in [0, 0.1) is 0 Å². The minimum atomic E-state index is 0.132. The van der Waals surface area contributed by atoms with E-state index in [0.29, 0.717) is 0 Å². The predicted molar refractivity (Wildman–Crippen MR) is 92.8 cm³/mol. The maximum absolute atomic E-state index is 6.35. The van der Waals surface area contributed by atoms with E-state index in [2.05, 4.69) is 71.7 Å². The number of nitrogens with zero attached hydrogens (tertiary/aromatic N) is 1. The van der Waals surface area contributed by atoms with Gasteiger partial charge in [0, 0.05) is 36.2 Å². The molecule has 1 atom stereocenters. The summed E-state index contributed by atoms with van der Waals surface area (Å²) in [6.45, 7) is 1.82. The Hall–Kier alpha value is -2.10. The van der Waals surface area contributed by atoms with E-state index in [4.69, 9.17) is 5.73 Å². The summed E-state index contributed by atoms with van der Waals surface area (Å²) < 4.78 is 0. The van der Waals surface area contributed by atoms with Crippen molar-refractivity contribution in [3.8, 4) is 0 Å². The number of fused-ring (bicyclic) bond motifs is 1. The van der Waals surface area contributed by atoms with Crippen molar-refractivity contribution in [3.05, 3.63) is 71.9 Å². The average Bonchev–Trinajstić information content (AvgIpc) is 2.91. The molecule has 0 aliphatic carbocycles. The van der Waals surface area contributed by atoms with Crippen LogP contribution in [0.3, 0.4) is 0 Å². The van der Waals surface area contributed by atoms with Crippen molar-refractivity contribution in [3.63, 3.8) is 0 Å². The van der Waals surface area contributed by atoms with Crippen molar-refractivity contribution in [2.45, 2.75) is 19.0 Å². The lowest BCUT2D eigenvalue weighted by Crippen LogP contribution is -2.36. The zero-order valence-corrected chi connectivity index (χ0v) is 13.0. The maximum atomic E-state index is 6.35. The van der Waals surface area contributed by atoms with Crippen LogP contribution in [-0.2, 0) is 13.0 Å². The van der Waals surface area contributed by atoms with Crippen LogP contribution >= 0.6 is 0 Å². The second-order valence-electron chi connectivity index (χ2n) is 6.01. The van der Waals surface area contributed by atoms with Gasteiger partial charge in [-0.25, -0.2) is 0 Å². The zero-order chi connectivity index (χ0) is 15.4. The Balaban J connectivity index is 1.59. The number of rotatable bonds is 6. The first-order chi connectivity index (χ1) is 10.7. The highest BCUT2D eigenvalue weighted by Gasteiger charge is 2.11. The molecule has 1 aromatic heterocycles. The van der Waals surface area contributed by atoms with Crippen LogP contribution in [0.4, 0.5) is 0 Å². The lowest BCUT2D eigenvalue weighted by molar-refractivity contribution is 0.302. The maximum Gasteiger partial charge on any atom is 0.0456 e. The Morgan fingerprint density at radius 1 is 1.05 bits per heavy atom. The summed E-state index contributed by atoms with van der Waals surface area (Å²) in [5.41, 5.74) is 10.2. The van der Waals surface area contributed by atoms with E-state index in [1.165, 1.54) is 22.0 Å². The van der Waals surface area contributed by atoms with Crippen LogP contribution in [0.2, 0.25) is 0 Å². The minimum Gasteiger partial charge on any atom is -0.361 e. The first-order valence-electron chi connectivity index (χ1n) is 7.75. The van der Waals surface area contributed by atoms with Crippen LogP contribution in [-0.4, -0.2) is 29.5 Å². The lowest BCUT2D eigenvalue weighted by atomic mass is 10.1. The first kappa shape index (κ1) is 14.8. The van der Waals surface area contributed by atoms with Crippen LogP contribution in [0.15, 0.2) is 60.8 Å². The van der Waals surface area contributed by atoms with Gasteiger partial charge in [0.1, 0.15) is 0 Å². The molecule has 0 saturated carbocycles. The van der Waals surface area contributed by atoms with E-state index in [-0.39, 0.29) is 6.04 Å². The van der Waals surface area contributed by atoms with Crippen LogP contribution < -0.4 is 5.73 Å². The molecule has 0 amide bonds. The molecular weight excluding hydrogens is 270 g/mol. The van der Waals surface area contributed by atoms with Gasteiger partial charge in [-0.05, 0) is 30.7 Å². The second kappa shape index (κ2) is 6.77. The third-order valence-electron chi connectivity index (χ3n) is 4.00. The molecule has 3 heteroatoms. The smallest absolute Gasteiger partial charge is 0.0456 e. The fourth-order valence-electron chi connectivity index (χ4n) is 3.01. The number of hydrogen-bond acceptors (Lipinski definition) is 2. The molecule has 0 spiro atoms. The van der Waals surface area contributed by atoms with Gasteiger partial charge < -0.3 is 15.6 Å². The van der Waals surface area contributed by atoms with Crippen molar-refractivity contribution in [1.29, 1.82) is 0 Å². The fraction of sp³-hybridized carbons (Fsp3) is 0.263. The van der Waals surface area contributed by atoms with Crippen molar-refractivity contribution in [2.24, 2.45) is 5.73 Å². The van der Waals surface area contributed by atoms with Crippen molar-refractivity contribution in [1.82, 2.24) is 9.88 Å². The van der Waals surface area contributed by atoms with Crippen molar-refractivity contribution < 1.29 is 0 Å². The molecule has 1 heterocycles. The van der Waals surface area contributed by atoms with E-state index < -0.39 is 0 Å². The topological polar surface area (TPSA) is 45.0 Å². The van der Waals surface area contributed by atoms with E-state index in [9.17, 15) is 0 Å². The van der Waals surface area contributed by atoms with Crippen molar-refractivity contribution in [2.75, 3.05) is 13.6 Å². The number of aromatic amines is 1. The molecule has 0 fully saturated rings.